The molecule has 0 saturated carbocycles. The lowest BCUT2D eigenvalue weighted by atomic mass is 10.1. The van der Waals surface area contributed by atoms with Gasteiger partial charge in [-0.2, -0.15) is 0 Å². The van der Waals surface area contributed by atoms with Crippen LogP contribution >= 0.6 is 0 Å². The first-order valence-electron chi connectivity index (χ1n) is 6.54. The van der Waals surface area contributed by atoms with Crippen LogP contribution in [0.4, 0.5) is 5.69 Å². The summed E-state index contributed by atoms with van der Waals surface area (Å²) in [6, 6.07) is 10.5. The first kappa shape index (κ1) is 11.9. The summed E-state index contributed by atoms with van der Waals surface area (Å²) in [6.45, 7) is 0.485. The summed E-state index contributed by atoms with van der Waals surface area (Å²) in [7, 11) is 0. The number of H-pyrrole nitrogens is 1. The van der Waals surface area contributed by atoms with E-state index >= 15 is 0 Å². The molecule has 1 aliphatic rings. The number of aromatic amines is 1. The zero-order chi connectivity index (χ0) is 14.4. The van der Waals surface area contributed by atoms with E-state index in [1.165, 1.54) is 0 Å². The Kier molecular flexibility index (Phi) is 2.44. The van der Waals surface area contributed by atoms with Crippen molar-refractivity contribution in [2.45, 2.75) is 6.04 Å². The molecule has 6 nitrogen and oxygen atoms in total. The standard InChI is InChI=1S/C15H12N2O4/c18-9-2-3-10-12(7-20-14(10)6-9)16-8-1-4-13-11(5-8)17-15(19)21-13/h1-6,12,16,18H,7H2,(H,17,19). The van der Waals surface area contributed by atoms with Crippen LogP contribution in [0.5, 0.6) is 11.5 Å². The van der Waals surface area contributed by atoms with Crippen LogP contribution in [0.2, 0.25) is 0 Å². The Labute approximate surface area is 119 Å². The van der Waals surface area contributed by atoms with Gasteiger partial charge in [0.1, 0.15) is 18.1 Å². The van der Waals surface area contributed by atoms with Gasteiger partial charge in [-0.3, -0.25) is 4.98 Å². The van der Waals surface area contributed by atoms with Gasteiger partial charge in [0, 0.05) is 17.3 Å². The molecule has 3 aromatic rings. The predicted octanol–water partition coefficient (Wildman–Crippen LogP) is 2.37. The van der Waals surface area contributed by atoms with E-state index in [4.69, 9.17) is 9.15 Å². The van der Waals surface area contributed by atoms with Crippen molar-refractivity contribution >= 4 is 16.8 Å². The summed E-state index contributed by atoms with van der Waals surface area (Å²) in [5, 5.41) is 12.8. The summed E-state index contributed by atoms with van der Waals surface area (Å²) in [4.78, 5) is 13.8. The average molecular weight is 284 g/mol. The molecule has 2 heterocycles. The number of phenolic OH excluding ortho intramolecular Hbond substituents is 1. The molecule has 1 atom stereocenters. The number of fused-ring (bicyclic) bond motifs is 2. The molecule has 0 aliphatic carbocycles. The minimum Gasteiger partial charge on any atom is -0.508 e. The van der Waals surface area contributed by atoms with E-state index in [1.54, 1.807) is 18.2 Å². The molecule has 0 spiro atoms. The molecule has 2 aromatic carbocycles. The van der Waals surface area contributed by atoms with Crippen LogP contribution < -0.4 is 15.8 Å². The fourth-order valence-corrected chi connectivity index (χ4v) is 2.56. The van der Waals surface area contributed by atoms with Gasteiger partial charge in [0.15, 0.2) is 5.58 Å². The average Bonchev–Trinajstić information content (AvgIpc) is 3.01. The van der Waals surface area contributed by atoms with Gasteiger partial charge in [-0.15, -0.1) is 0 Å². The SMILES string of the molecule is O=c1[nH]c2cc(NC3COc4cc(O)ccc43)ccc2o1. The van der Waals surface area contributed by atoms with Crippen LogP contribution in [0, 0.1) is 0 Å². The van der Waals surface area contributed by atoms with Crippen molar-refractivity contribution in [2.24, 2.45) is 0 Å². The smallest absolute Gasteiger partial charge is 0.417 e. The van der Waals surface area contributed by atoms with Crippen LogP contribution in [-0.4, -0.2) is 16.7 Å². The Morgan fingerprint density at radius 2 is 2.14 bits per heavy atom. The van der Waals surface area contributed by atoms with Crippen LogP contribution in [0.15, 0.2) is 45.6 Å². The quantitative estimate of drug-likeness (QED) is 0.672. The molecule has 6 heteroatoms. The van der Waals surface area contributed by atoms with Gasteiger partial charge >= 0.3 is 5.76 Å². The Hall–Kier alpha value is -2.89. The number of rotatable bonds is 2. The summed E-state index contributed by atoms with van der Waals surface area (Å²) in [5.74, 6) is 0.407. The molecule has 4 rings (SSSR count). The molecule has 0 radical (unpaired) electrons. The molecular weight excluding hydrogens is 272 g/mol. The van der Waals surface area contributed by atoms with Crippen LogP contribution in [0.25, 0.3) is 11.1 Å². The predicted molar refractivity (Wildman–Crippen MR) is 76.8 cm³/mol. The lowest BCUT2D eigenvalue weighted by Gasteiger charge is -2.13. The molecule has 1 aromatic heterocycles. The van der Waals surface area contributed by atoms with Crippen molar-refractivity contribution in [1.29, 1.82) is 0 Å². The third-order valence-electron chi connectivity index (χ3n) is 3.54. The van der Waals surface area contributed by atoms with E-state index in [9.17, 15) is 9.90 Å². The Morgan fingerprint density at radius 3 is 3.05 bits per heavy atom. The third-order valence-corrected chi connectivity index (χ3v) is 3.54. The number of aromatic nitrogens is 1. The molecule has 1 unspecified atom stereocenters. The first-order chi connectivity index (χ1) is 10.2. The van der Waals surface area contributed by atoms with Crippen LogP contribution in [0.3, 0.4) is 0 Å². The second kappa shape index (κ2) is 4.31. The van der Waals surface area contributed by atoms with Crippen molar-refractivity contribution < 1.29 is 14.3 Å². The summed E-state index contributed by atoms with van der Waals surface area (Å²) in [6.07, 6.45) is 0. The van der Waals surface area contributed by atoms with E-state index in [2.05, 4.69) is 10.3 Å². The summed E-state index contributed by atoms with van der Waals surface area (Å²) in [5.41, 5.74) is 3.02. The van der Waals surface area contributed by atoms with E-state index in [1.807, 2.05) is 18.2 Å². The Balaban J connectivity index is 1.65. The number of benzene rings is 2. The second-order valence-corrected chi connectivity index (χ2v) is 4.96. The second-order valence-electron chi connectivity index (χ2n) is 4.96. The molecule has 0 saturated heterocycles. The lowest BCUT2D eigenvalue weighted by molar-refractivity contribution is 0.338. The largest absolute Gasteiger partial charge is 0.508 e. The number of nitrogens with one attached hydrogen (secondary N) is 2. The number of hydrogen-bond donors (Lipinski definition) is 3. The number of phenols is 1. The first-order valence-corrected chi connectivity index (χ1v) is 6.54. The van der Waals surface area contributed by atoms with Gasteiger partial charge in [0.25, 0.3) is 0 Å². The van der Waals surface area contributed by atoms with E-state index in [-0.39, 0.29) is 11.8 Å². The molecule has 3 N–H and O–H groups in total. The van der Waals surface area contributed by atoms with Gasteiger partial charge in [0.05, 0.1) is 11.6 Å². The number of hydrogen-bond acceptors (Lipinski definition) is 5. The molecule has 1 aliphatic heterocycles. The fraction of sp³-hybridized carbons (Fsp3) is 0.133. The van der Waals surface area contributed by atoms with Gasteiger partial charge in [-0.05, 0) is 30.3 Å². The number of aromatic hydroxyl groups is 1. The molecule has 21 heavy (non-hydrogen) atoms. The highest BCUT2D eigenvalue weighted by Crippen LogP contribution is 2.36. The van der Waals surface area contributed by atoms with Gasteiger partial charge in [0.2, 0.25) is 0 Å². The highest BCUT2D eigenvalue weighted by atomic mass is 16.5. The Bertz CT molecular complexity index is 881. The zero-order valence-corrected chi connectivity index (χ0v) is 10.9. The molecule has 106 valence electrons. The Morgan fingerprint density at radius 1 is 1.24 bits per heavy atom. The fourth-order valence-electron chi connectivity index (χ4n) is 2.56. The van der Waals surface area contributed by atoms with Crippen molar-refractivity contribution in [1.82, 2.24) is 4.98 Å². The van der Waals surface area contributed by atoms with Crippen molar-refractivity contribution in [3.8, 4) is 11.5 Å². The van der Waals surface area contributed by atoms with Crippen molar-refractivity contribution in [3.63, 3.8) is 0 Å². The summed E-state index contributed by atoms with van der Waals surface area (Å²) < 4.78 is 10.5. The normalized spacial score (nSPS) is 16.7. The zero-order valence-electron chi connectivity index (χ0n) is 10.9. The van der Waals surface area contributed by atoms with Crippen molar-refractivity contribution in [2.75, 3.05) is 11.9 Å². The van der Waals surface area contributed by atoms with Gasteiger partial charge < -0.3 is 19.6 Å². The molecule has 0 bridgehead atoms. The van der Waals surface area contributed by atoms with Gasteiger partial charge in [-0.25, -0.2) is 4.79 Å². The lowest BCUT2D eigenvalue weighted by Crippen LogP contribution is -2.11. The number of oxazole rings is 1. The minimum atomic E-state index is -0.466. The minimum absolute atomic E-state index is 0.00308. The topological polar surface area (TPSA) is 87.5 Å². The molecule has 0 fully saturated rings. The molecule has 0 amide bonds. The van der Waals surface area contributed by atoms with Crippen LogP contribution in [-0.2, 0) is 0 Å². The van der Waals surface area contributed by atoms with E-state index < -0.39 is 5.76 Å². The van der Waals surface area contributed by atoms with Crippen molar-refractivity contribution in [3.05, 3.63) is 52.5 Å². The highest BCUT2D eigenvalue weighted by Gasteiger charge is 2.24. The summed E-state index contributed by atoms with van der Waals surface area (Å²) >= 11 is 0. The monoisotopic (exact) mass is 284 g/mol. The highest BCUT2D eigenvalue weighted by molar-refractivity contribution is 5.77. The molecular formula is C15H12N2O4. The number of ether oxygens (including phenoxy) is 1. The third kappa shape index (κ3) is 2.01. The van der Waals surface area contributed by atoms with E-state index in [0.717, 1.165) is 11.3 Å². The maximum absolute atomic E-state index is 11.2. The maximum atomic E-state index is 11.2. The van der Waals surface area contributed by atoms with Crippen LogP contribution in [0.1, 0.15) is 11.6 Å². The maximum Gasteiger partial charge on any atom is 0.417 e. The van der Waals surface area contributed by atoms with E-state index in [0.29, 0.717) is 23.5 Å². The number of anilines is 1. The van der Waals surface area contributed by atoms with Gasteiger partial charge in [-0.1, -0.05) is 0 Å².